The number of amides is 2. The van der Waals surface area contributed by atoms with Gasteiger partial charge in [-0.05, 0) is 55.5 Å². The van der Waals surface area contributed by atoms with Crippen molar-refractivity contribution in [3.05, 3.63) is 77.0 Å². The second-order valence-corrected chi connectivity index (χ2v) is 7.81. The average molecular weight is 418 g/mol. The number of hydrogen-bond donors (Lipinski definition) is 1. The van der Waals surface area contributed by atoms with Gasteiger partial charge in [0.1, 0.15) is 11.9 Å². The number of anilines is 1. The Bertz CT molecular complexity index is 1180. The highest BCUT2D eigenvalue weighted by molar-refractivity contribution is 6.00. The van der Waals surface area contributed by atoms with E-state index < -0.39 is 11.9 Å². The van der Waals surface area contributed by atoms with E-state index in [0.717, 1.165) is 16.8 Å². The molecule has 7 heteroatoms. The normalized spacial score (nSPS) is 15.6. The molecule has 1 N–H and O–H groups in total. The topological polar surface area (TPSA) is 75.2 Å². The summed E-state index contributed by atoms with van der Waals surface area (Å²) in [6.45, 7) is 3.49. The van der Waals surface area contributed by atoms with Crippen molar-refractivity contribution in [2.45, 2.75) is 32.7 Å². The van der Waals surface area contributed by atoms with E-state index in [1.165, 1.54) is 11.0 Å². The average Bonchev–Trinajstić information content (AvgIpc) is 2.93. The molecule has 0 saturated carbocycles. The highest BCUT2D eigenvalue weighted by atomic mass is 19.1. The Morgan fingerprint density at radius 1 is 1.16 bits per heavy atom. The number of likely N-dealkylation sites (N-methyl/N-ethyl adjacent to an activating group) is 1. The maximum absolute atomic E-state index is 14.1. The SMILES string of the molecule is Cc1ccc(-c2nc(C(=O)N(C)[C@H]3CCc4ccccc4NC3=O)ncc2C)cc1F. The lowest BCUT2D eigenvalue weighted by molar-refractivity contribution is -0.120. The van der Waals surface area contributed by atoms with Crippen LogP contribution in [0, 0.1) is 19.7 Å². The summed E-state index contributed by atoms with van der Waals surface area (Å²) in [5.74, 6) is -1.07. The largest absolute Gasteiger partial charge is 0.327 e. The number of benzene rings is 2. The lowest BCUT2D eigenvalue weighted by Gasteiger charge is -2.25. The van der Waals surface area contributed by atoms with E-state index in [0.29, 0.717) is 29.7 Å². The molecule has 2 amide bonds. The van der Waals surface area contributed by atoms with Crippen molar-refractivity contribution in [2.24, 2.45) is 0 Å². The summed E-state index contributed by atoms with van der Waals surface area (Å²) >= 11 is 0. The van der Waals surface area contributed by atoms with Crippen LogP contribution in [-0.2, 0) is 11.2 Å². The van der Waals surface area contributed by atoms with Crippen LogP contribution in [0.3, 0.4) is 0 Å². The van der Waals surface area contributed by atoms with E-state index in [1.54, 1.807) is 39.2 Å². The molecule has 6 nitrogen and oxygen atoms in total. The van der Waals surface area contributed by atoms with Crippen molar-refractivity contribution < 1.29 is 14.0 Å². The summed E-state index contributed by atoms with van der Waals surface area (Å²) in [6.07, 6.45) is 2.71. The van der Waals surface area contributed by atoms with E-state index in [9.17, 15) is 14.0 Å². The third-order valence-corrected chi connectivity index (χ3v) is 5.66. The molecule has 1 aromatic heterocycles. The van der Waals surface area contributed by atoms with Crippen LogP contribution in [0.5, 0.6) is 0 Å². The highest BCUT2D eigenvalue weighted by Crippen LogP contribution is 2.25. The first-order chi connectivity index (χ1) is 14.8. The molecule has 2 aromatic carbocycles. The van der Waals surface area contributed by atoms with Gasteiger partial charge in [-0.2, -0.15) is 0 Å². The van der Waals surface area contributed by atoms with Crippen molar-refractivity contribution in [3.8, 4) is 11.3 Å². The predicted molar refractivity (Wildman–Crippen MR) is 116 cm³/mol. The quantitative estimate of drug-likeness (QED) is 0.700. The number of hydrogen-bond acceptors (Lipinski definition) is 4. The molecule has 0 bridgehead atoms. The Balaban J connectivity index is 1.61. The summed E-state index contributed by atoms with van der Waals surface area (Å²) in [5.41, 5.74) is 4.13. The fourth-order valence-corrected chi connectivity index (χ4v) is 3.75. The number of rotatable bonds is 3. The summed E-state index contributed by atoms with van der Waals surface area (Å²) in [6, 6.07) is 11.8. The zero-order valence-electron chi connectivity index (χ0n) is 17.6. The minimum Gasteiger partial charge on any atom is -0.327 e. The maximum atomic E-state index is 14.1. The predicted octanol–water partition coefficient (Wildman–Crippen LogP) is 3.93. The fourth-order valence-electron chi connectivity index (χ4n) is 3.75. The van der Waals surface area contributed by atoms with Gasteiger partial charge in [0.05, 0.1) is 5.69 Å². The molecular formula is C24H23FN4O2. The molecule has 0 unspecified atom stereocenters. The van der Waals surface area contributed by atoms with Crippen LogP contribution in [0.2, 0.25) is 0 Å². The van der Waals surface area contributed by atoms with E-state index in [4.69, 9.17) is 0 Å². The number of carbonyl (C=O) groups is 2. The maximum Gasteiger partial charge on any atom is 0.292 e. The van der Waals surface area contributed by atoms with E-state index >= 15 is 0 Å². The third-order valence-electron chi connectivity index (χ3n) is 5.66. The van der Waals surface area contributed by atoms with Gasteiger partial charge in [-0.3, -0.25) is 9.59 Å². The minimum atomic E-state index is -0.648. The number of aryl methyl sites for hydroxylation is 3. The van der Waals surface area contributed by atoms with Crippen molar-refractivity contribution in [1.29, 1.82) is 0 Å². The molecule has 2 heterocycles. The first-order valence-corrected chi connectivity index (χ1v) is 10.1. The van der Waals surface area contributed by atoms with Crippen molar-refractivity contribution >= 4 is 17.5 Å². The molecule has 31 heavy (non-hydrogen) atoms. The molecule has 1 atom stereocenters. The Kier molecular flexibility index (Phi) is 5.50. The summed E-state index contributed by atoms with van der Waals surface area (Å²) in [5, 5.41) is 2.90. The minimum absolute atomic E-state index is 0.0290. The smallest absolute Gasteiger partial charge is 0.292 e. The Hall–Kier alpha value is -3.61. The van der Waals surface area contributed by atoms with E-state index in [2.05, 4.69) is 15.3 Å². The van der Waals surface area contributed by atoms with Crippen LogP contribution < -0.4 is 5.32 Å². The van der Waals surface area contributed by atoms with Gasteiger partial charge in [-0.15, -0.1) is 0 Å². The first-order valence-electron chi connectivity index (χ1n) is 10.1. The number of halogens is 1. The second kappa shape index (κ2) is 8.26. The molecule has 158 valence electrons. The van der Waals surface area contributed by atoms with Gasteiger partial charge in [0, 0.05) is 24.5 Å². The first kappa shape index (κ1) is 20.7. The number of carbonyl (C=O) groups excluding carboxylic acids is 2. The van der Waals surface area contributed by atoms with Crippen LogP contribution in [0.15, 0.2) is 48.7 Å². The Labute approximate surface area is 180 Å². The summed E-state index contributed by atoms with van der Waals surface area (Å²) in [7, 11) is 1.58. The van der Waals surface area contributed by atoms with Gasteiger partial charge in [-0.1, -0.05) is 30.3 Å². The molecular weight excluding hydrogens is 395 g/mol. The van der Waals surface area contributed by atoms with Crippen LogP contribution in [0.1, 0.15) is 33.7 Å². The van der Waals surface area contributed by atoms with Gasteiger partial charge >= 0.3 is 0 Å². The van der Waals surface area contributed by atoms with Crippen molar-refractivity contribution in [1.82, 2.24) is 14.9 Å². The lowest BCUT2D eigenvalue weighted by Crippen LogP contribution is -2.45. The van der Waals surface area contributed by atoms with E-state index in [1.807, 2.05) is 24.3 Å². The van der Waals surface area contributed by atoms with Crippen molar-refractivity contribution in [2.75, 3.05) is 12.4 Å². The molecule has 1 aliphatic heterocycles. The number of nitrogens with one attached hydrogen (secondary N) is 1. The molecule has 0 spiro atoms. The second-order valence-electron chi connectivity index (χ2n) is 7.81. The van der Waals surface area contributed by atoms with Crippen LogP contribution in [0.4, 0.5) is 10.1 Å². The van der Waals surface area contributed by atoms with Gasteiger partial charge in [-0.25, -0.2) is 14.4 Å². The highest BCUT2D eigenvalue weighted by Gasteiger charge is 2.31. The number of nitrogens with zero attached hydrogens (tertiary/aromatic N) is 3. The standard InChI is InChI=1S/C24H23FN4O2/c1-14-8-9-17(12-18(14)25)21-15(2)13-26-22(28-21)24(31)29(3)20-11-10-16-6-4-5-7-19(16)27-23(20)30/h4-9,12-13,20H,10-11H2,1-3H3,(H,27,30)/t20-/m0/s1. The van der Waals surface area contributed by atoms with Crippen LogP contribution in [-0.4, -0.2) is 39.8 Å². The molecule has 0 radical (unpaired) electrons. The van der Waals surface area contributed by atoms with Crippen LogP contribution >= 0.6 is 0 Å². The zero-order valence-corrected chi connectivity index (χ0v) is 17.6. The van der Waals surface area contributed by atoms with Crippen molar-refractivity contribution in [3.63, 3.8) is 0 Å². The summed E-state index contributed by atoms with van der Waals surface area (Å²) in [4.78, 5) is 35.9. The van der Waals surface area contributed by atoms with Gasteiger partial charge in [0.15, 0.2) is 0 Å². The molecule has 1 aliphatic rings. The number of fused-ring (bicyclic) bond motifs is 1. The number of para-hydroxylation sites is 1. The fraction of sp³-hybridized carbons (Fsp3) is 0.250. The van der Waals surface area contributed by atoms with Gasteiger partial charge in [0.2, 0.25) is 11.7 Å². The van der Waals surface area contributed by atoms with Crippen LogP contribution in [0.25, 0.3) is 11.3 Å². The molecule has 4 rings (SSSR count). The molecule has 0 aliphatic carbocycles. The van der Waals surface area contributed by atoms with Gasteiger partial charge < -0.3 is 10.2 Å². The Morgan fingerprint density at radius 2 is 1.94 bits per heavy atom. The lowest BCUT2D eigenvalue weighted by atomic mass is 10.0. The monoisotopic (exact) mass is 418 g/mol. The molecule has 3 aromatic rings. The number of aromatic nitrogens is 2. The zero-order chi connectivity index (χ0) is 22.1. The van der Waals surface area contributed by atoms with Gasteiger partial charge in [0.25, 0.3) is 5.91 Å². The Morgan fingerprint density at radius 3 is 2.71 bits per heavy atom. The summed E-state index contributed by atoms with van der Waals surface area (Å²) < 4.78 is 14.1. The molecule has 0 saturated heterocycles. The molecule has 0 fully saturated rings. The van der Waals surface area contributed by atoms with E-state index in [-0.39, 0.29) is 17.5 Å². The third kappa shape index (κ3) is 4.03.